The fourth-order valence-corrected chi connectivity index (χ4v) is 4.64. The van der Waals surface area contributed by atoms with E-state index in [4.69, 9.17) is 4.74 Å². The Morgan fingerprint density at radius 3 is 2.62 bits per heavy atom. The van der Waals surface area contributed by atoms with Crippen LogP contribution in [-0.4, -0.2) is 55.7 Å². The van der Waals surface area contributed by atoms with Gasteiger partial charge in [-0.15, -0.1) is 0 Å². The predicted molar refractivity (Wildman–Crippen MR) is 146 cm³/mol. The van der Waals surface area contributed by atoms with Crippen molar-refractivity contribution in [2.75, 3.05) is 13.7 Å². The van der Waals surface area contributed by atoms with Gasteiger partial charge in [0.05, 0.1) is 24.5 Å². The zero-order valence-corrected chi connectivity index (χ0v) is 22.0. The predicted octanol–water partition coefficient (Wildman–Crippen LogP) is 3.78. The molecule has 1 amide bonds. The number of pyridine rings is 1. The number of aliphatic hydroxyl groups is 1. The molecule has 0 aliphatic rings. The van der Waals surface area contributed by atoms with E-state index in [0.29, 0.717) is 16.9 Å². The first kappa shape index (κ1) is 26.9. The van der Waals surface area contributed by atoms with Crippen molar-refractivity contribution in [3.63, 3.8) is 0 Å². The number of aromatic nitrogens is 4. The third-order valence-corrected chi connectivity index (χ3v) is 6.76. The number of nitrogens with zero attached hydrogens (tertiary/aromatic N) is 4. The minimum absolute atomic E-state index is 0.0605. The van der Waals surface area contributed by atoms with Crippen LogP contribution in [0.4, 0.5) is 4.39 Å². The highest BCUT2D eigenvalue weighted by molar-refractivity contribution is 5.98. The number of nitrogens with one attached hydrogen (secondary N) is 1. The molecule has 2 atom stereocenters. The Bertz CT molecular complexity index is 1660. The number of carbonyl (C=O) groups excluding carboxylic acids is 2. The second-order valence-electron chi connectivity index (χ2n) is 9.42. The molecule has 0 saturated carbocycles. The molecule has 3 heterocycles. The first-order chi connectivity index (χ1) is 19.4. The van der Waals surface area contributed by atoms with Crippen molar-refractivity contribution in [2.45, 2.75) is 18.6 Å². The molecule has 5 aromatic rings. The fourth-order valence-electron chi connectivity index (χ4n) is 4.64. The summed E-state index contributed by atoms with van der Waals surface area (Å²) in [6.45, 7) is 0.0605. The van der Waals surface area contributed by atoms with E-state index in [9.17, 15) is 19.1 Å². The Labute approximate surface area is 229 Å². The number of fused-ring (bicyclic) bond motifs is 1. The lowest BCUT2D eigenvalue weighted by atomic mass is 10.0. The molecule has 0 aliphatic carbocycles. The van der Waals surface area contributed by atoms with Crippen LogP contribution in [-0.2, 0) is 18.2 Å². The Morgan fingerprint density at radius 1 is 1.10 bits per heavy atom. The molecular formula is C30H28FN5O4. The molecule has 0 fully saturated rings. The van der Waals surface area contributed by atoms with Crippen molar-refractivity contribution in [1.29, 1.82) is 0 Å². The lowest BCUT2D eigenvalue weighted by Gasteiger charge is -2.24. The zero-order chi connectivity index (χ0) is 28.2. The van der Waals surface area contributed by atoms with Crippen LogP contribution in [0.2, 0.25) is 0 Å². The van der Waals surface area contributed by atoms with Gasteiger partial charge in [-0.1, -0.05) is 30.3 Å². The lowest BCUT2D eigenvalue weighted by Crippen LogP contribution is -2.42. The third-order valence-electron chi connectivity index (χ3n) is 6.76. The first-order valence-electron chi connectivity index (χ1n) is 12.7. The van der Waals surface area contributed by atoms with Gasteiger partial charge in [0.25, 0.3) is 5.91 Å². The van der Waals surface area contributed by atoms with E-state index in [1.807, 2.05) is 31.3 Å². The van der Waals surface area contributed by atoms with Crippen LogP contribution in [0.5, 0.6) is 0 Å². The van der Waals surface area contributed by atoms with Gasteiger partial charge in [0.1, 0.15) is 23.3 Å². The molecule has 10 heteroatoms. The number of hydrogen-bond donors (Lipinski definition) is 2. The SMILES string of the molecule is COC[C@H](NC(=O)c1ccc(F)c(CC(=O)c2cnc3cc(-c4ccnn4C)ccn23)c1)[C@@H](O)c1ccccc1. The molecule has 5 rings (SSSR count). The van der Waals surface area contributed by atoms with Gasteiger partial charge in [-0.05, 0) is 47.5 Å². The van der Waals surface area contributed by atoms with Gasteiger partial charge in [-0.3, -0.25) is 18.7 Å². The molecule has 0 bridgehead atoms. The second kappa shape index (κ2) is 11.6. The molecular weight excluding hydrogens is 513 g/mol. The number of hydrogen-bond acceptors (Lipinski definition) is 6. The second-order valence-corrected chi connectivity index (χ2v) is 9.42. The van der Waals surface area contributed by atoms with E-state index in [-0.39, 0.29) is 29.9 Å². The molecule has 2 aromatic carbocycles. The number of ketones is 1. The number of aryl methyl sites for hydroxylation is 1. The van der Waals surface area contributed by atoms with Crippen LogP contribution in [0.25, 0.3) is 16.9 Å². The average Bonchev–Trinajstić information content (AvgIpc) is 3.59. The van der Waals surface area contributed by atoms with Gasteiger partial charge in [0.2, 0.25) is 0 Å². The minimum atomic E-state index is -1.01. The summed E-state index contributed by atoms with van der Waals surface area (Å²) in [5.41, 5.74) is 3.51. The Balaban J connectivity index is 1.33. The zero-order valence-electron chi connectivity index (χ0n) is 22.0. The summed E-state index contributed by atoms with van der Waals surface area (Å²) in [5, 5.41) is 17.7. The standard InChI is InChI=1S/C30H28FN5O4/c1-35-25(10-12-33-35)20-11-13-36-26(17-32-28(36)16-20)27(37)15-22-14-21(8-9-23(22)31)30(39)34-24(18-40-2)29(38)19-6-4-3-5-7-19/h3-14,16-17,24,29,38H,15,18H2,1-2H3,(H,34,39)/t24-,29-/m0/s1. The number of aliphatic hydroxyl groups excluding tert-OH is 1. The van der Waals surface area contributed by atoms with Crippen LogP contribution in [0, 0.1) is 5.82 Å². The smallest absolute Gasteiger partial charge is 0.251 e. The number of imidazole rings is 1. The number of methoxy groups -OCH3 is 1. The number of ether oxygens (including phenoxy) is 1. The maximum Gasteiger partial charge on any atom is 0.251 e. The van der Waals surface area contributed by atoms with E-state index < -0.39 is 23.9 Å². The fraction of sp³-hybridized carbons (Fsp3) is 0.200. The summed E-state index contributed by atoms with van der Waals surface area (Å²) in [6, 6.07) is 17.6. The van der Waals surface area contributed by atoms with Crippen molar-refractivity contribution in [1.82, 2.24) is 24.5 Å². The highest BCUT2D eigenvalue weighted by atomic mass is 19.1. The summed E-state index contributed by atoms with van der Waals surface area (Å²) in [4.78, 5) is 30.6. The topological polar surface area (TPSA) is 111 Å². The quantitative estimate of drug-likeness (QED) is 0.261. The summed E-state index contributed by atoms with van der Waals surface area (Å²) in [7, 11) is 3.31. The van der Waals surface area contributed by atoms with Gasteiger partial charge in [0.15, 0.2) is 5.78 Å². The van der Waals surface area contributed by atoms with E-state index in [0.717, 1.165) is 17.3 Å². The van der Waals surface area contributed by atoms with E-state index in [1.54, 1.807) is 45.7 Å². The maximum atomic E-state index is 14.8. The summed E-state index contributed by atoms with van der Waals surface area (Å²) in [6.07, 6.45) is 3.62. The Hall–Kier alpha value is -4.67. The number of benzene rings is 2. The van der Waals surface area contributed by atoms with E-state index in [2.05, 4.69) is 15.4 Å². The number of carbonyl (C=O) groups is 2. The minimum Gasteiger partial charge on any atom is -0.386 e. The molecule has 0 spiro atoms. The highest BCUT2D eigenvalue weighted by Crippen LogP contribution is 2.22. The van der Waals surface area contributed by atoms with Crippen LogP contribution in [0.15, 0.2) is 85.3 Å². The third kappa shape index (κ3) is 5.54. The van der Waals surface area contributed by atoms with Crippen molar-refractivity contribution in [3.8, 4) is 11.3 Å². The largest absolute Gasteiger partial charge is 0.386 e. The highest BCUT2D eigenvalue weighted by Gasteiger charge is 2.24. The molecule has 0 aliphatic heterocycles. The molecule has 0 radical (unpaired) electrons. The van der Waals surface area contributed by atoms with Crippen molar-refractivity contribution >= 4 is 17.3 Å². The maximum absolute atomic E-state index is 14.8. The number of halogens is 1. The average molecular weight is 542 g/mol. The van der Waals surface area contributed by atoms with Gasteiger partial charge in [-0.2, -0.15) is 5.10 Å². The van der Waals surface area contributed by atoms with Gasteiger partial charge >= 0.3 is 0 Å². The molecule has 3 aromatic heterocycles. The van der Waals surface area contributed by atoms with E-state index in [1.165, 1.54) is 25.4 Å². The van der Waals surface area contributed by atoms with Gasteiger partial charge < -0.3 is 15.2 Å². The summed E-state index contributed by atoms with van der Waals surface area (Å²) >= 11 is 0. The van der Waals surface area contributed by atoms with Crippen molar-refractivity contribution in [2.24, 2.45) is 7.05 Å². The first-order valence-corrected chi connectivity index (χ1v) is 12.7. The number of Topliss-reactive ketones (excluding diaryl/α,β-unsaturated/α-hetero) is 1. The Morgan fingerprint density at radius 2 is 1.90 bits per heavy atom. The molecule has 0 unspecified atom stereocenters. The lowest BCUT2D eigenvalue weighted by molar-refractivity contribution is 0.0594. The van der Waals surface area contributed by atoms with Crippen LogP contribution < -0.4 is 5.32 Å². The molecule has 204 valence electrons. The van der Waals surface area contributed by atoms with Crippen LogP contribution in [0.1, 0.15) is 38.1 Å². The van der Waals surface area contributed by atoms with Crippen molar-refractivity contribution in [3.05, 3.63) is 114 Å². The summed E-state index contributed by atoms with van der Waals surface area (Å²) in [5.74, 6) is -1.48. The van der Waals surface area contributed by atoms with Crippen LogP contribution in [0.3, 0.4) is 0 Å². The number of amides is 1. The molecule has 9 nitrogen and oxygen atoms in total. The number of rotatable bonds is 10. The monoisotopic (exact) mass is 541 g/mol. The Kier molecular flexibility index (Phi) is 7.81. The van der Waals surface area contributed by atoms with Crippen molar-refractivity contribution < 1.29 is 23.8 Å². The summed E-state index contributed by atoms with van der Waals surface area (Å²) < 4.78 is 23.3. The normalized spacial score (nSPS) is 12.8. The van der Waals surface area contributed by atoms with E-state index >= 15 is 0 Å². The van der Waals surface area contributed by atoms with Gasteiger partial charge in [-0.25, -0.2) is 9.37 Å². The molecule has 40 heavy (non-hydrogen) atoms. The van der Waals surface area contributed by atoms with Gasteiger partial charge in [0, 0.05) is 44.1 Å². The molecule has 0 saturated heterocycles. The molecule has 2 N–H and O–H groups in total. The van der Waals surface area contributed by atoms with Crippen LogP contribution >= 0.6 is 0 Å².